The molecule has 0 atom stereocenters. The molecule has 0 unspecified atom stereocenters. The molecule has 1 aliphatic heterocycles. The zero-order valence-electron chi connectivity index (χ0n) is 12.9. The van der Waals surface area contributed by atoms with E-state index in [2.05, 4.69) is 90.6 Å². The number of fused-ring (bicyclic) bond motifs is 2. The molecule has 1 aromatic carbocycles. The minimum absolute atomic E-state index is 0. The molecule has 0 radical (unpaired) electrons. The SMILES string of the molecule is CN(C)c1ccc2nc3ccc(=[N+](C)C)c(I)c-3sc2c1.[Cl-]. The van der Waals surface area contributed by atoms with Crippen molar-refractivity contribution >= 4 is 49.8 Å². The molecule has 0 amide bonds. The standard InChI is InChI=1S/C16H17IN3S.ClH/c1-19(2)10-5-6-11-14(9-10)21-16-12(18-11)7-8-13(15(16)17)20(3)4;/h5-9H,1-4H3;1H/q+1;/p-1. The van der Waals surface area contributed by atoms with Crippen LogP contribution in [0.3, 0.4) is 0 Å². The summed E-state index contributed by atoms with van der Waals surface area (Å²) in [6.45, 7) is 0. The number of anilines is 1. The first-order chi connectivity index (χ1) is 9.97. The lowest BCUT2D eigenvalue weighted by molar-refractivity contribution is -0.00000416. The number of hydrogen-bond donors (Lipinski definition) is 0. The first kappa shape index (κ1) is 17.4. The average molecular weight is 446 g/mol. The monoisotopic (exact) mass is 445 g/mol. The Morgan fingerprint density at radius 3 is 2.50 bits per heavy atom. The number of halogens is 2. The highest BCUT2D eigenvalue weighted by Crippen LogP contribution is 2.34. The van der Waals surface area contributed by atoms with Crippen LogP contribution in [0.2, 0.25) is 0 Å². The molecule has 0 fully saturated rings. The van der Waals surface area contributed by atoms with Gasteiger partial charge in [0.15, 0.2) is 0 Å². The molecule has 0 saturated heterocycles. The van der Waals surface area contributed by atoms with Crippen molar-refractivity contribution in [2.45, 2.75) is 0 Å². The van der Waals surface area contributed by atoms with Gasteiger partial charge in [-0.15, -0.1) is 11.3 Å². The maximum absolute atomic E-state index is 4.81. The van der Waals surface area contributed by atoms with Crippen molar-refractivity contribution in [3.8, 4) is 10.6 Å². The summed E-state index contributed by atoms with van der Waals surface area (Å²) in [4.78, 5) is 8.19. The fraction of sp³-hybridized carbons (Fsp3) is 0.250. The van der Waals surface area contributed by atoms with Crippen molar-refractivity contribution < 1.29 is 12.4 Å². The predicted molar refractivity (Wildman–Crippen MR) is 100 cm³/mol. The summed E-state index contributed by atoms with van der Waals surface area (Å²) in [7, 11) is 8.28. The minimum atomic E-state index is 0. The van der Waals surface area contributed by atoms with Gasteiger partial charge < -0.3 is 17.3 Å². The van der Waals surface area contributed by atoms with Crippen LogP contribution < -0.4 is 27.2 Å². The smallest absolute Gasteiger partial charge is 0.214 e. The van der Waals surface area contributed by atoms with Crippen LogP contribution in [0.4, 0.5) is 5.69 Å². The summed E-state index contributed by atoms with van der Waals surface area (Å²) in [6.07, 6.45) is 0. The Balaban J connectivity index is 0.00000176. The van der Waals surface area contributed by atoms with Crippen molar-refractivity contribution in [3.63, 3.8) is 0 Å². The van der Waals surface area contributed by atoms with Crippen LogP contribution in [0, 0.1) is 3.57 Å². The maximum atomic E-state index is 4.81. The summed E-state index contributed by atoms with van der Waals surface area (Å²) in [5, 5.41) is 1.24. The van der Waals surface area contributed by atoms with Gasteiger partial charge >= 0.3 is 0 Å². The highest BCUT2D eigenvalue weighted by molar-refractivity contribution is 14.1. The van der Waals surface area contributed by atoms with Gasteiger partial charge in [-0.05, 0) is 46.9 Å². The molecule has 22 heavy (non-hydrogen) atoms. The van der Waals surface area contributed by atoms with Gasteiger partial charge in [0, 0.05) is 25.8 Å². The van der Waals surface area contributed by atoms with Crippen molar-refractivity contribution in [2.75, 3.05) is 33.1 Å². The second-order valence-corrected chi connectivity index (χ2v) is 7.53. The second kappa shape index (κ2) is 6.68. The highest BCUT2D eigenvalue weighted by atomic mass is 127. The summed E-state index contributed by atoms with van der Waals surface area (Å²) >= 11 is 4.24. The lowest BCUT2D eigenvalue weighted by atomic mass is 10.2. The second-order valence-electron chi connectivity index (χ2n) is 5.40. The first-order valence-electron chi connectivity index (χ1n) is 6.68. The van der Waals surface area contributed by atoms with Crippen molar-refractivity contribution in [3.05, 3.63) is 39.3 Å². The van der Waals surface area contributed by atoms with Crippen LogP contribution in [0.25, 0.3) is 20.8 Å². The number of hydrogen-bond acceptors (Lipinski definition) is 3. The van der Waals surface area contributed by atoms with Crippen LogP contribution in [0.15, 0.2) is 30.3 Å². The lowest BCUT2D eigenvalue weighted by Crippen LogP contribution is -3.00. The maximum Gasteiger partial charge on any atom is 0.214 e. The van der Waals surface area contributed by atoms with E-state index in [1.54, 1.807) is 0 Å². The molecule has 0 N–H and O–H groups in total. The fourth-order valence-electron chi connectivity index (χ4n) is 2.26. The van der Waals surface area contributed by atoms with Crippen LogP contribution in [-0.2, 0) is 0 Å². The summed E-state index contributed by atoms with van der Waals surface area (Å²) in [6, 6.07) is 10.7. The van der Waals surface area contributed by atoms with E-state index in [0.29, 0.717) is 0 Å². The Labute approximate surface area is 154 Å². The van der Waals surface area contributed by atoms with E-state index in [-0.39, 0.29) is 12.4 Å². The van der Waals surface area contributed by atoms with E-state index in [1.807, 2.05) is 11.3 Å². The van der Waals surface area contributed by atoms with Gasteiger partial charge in [-0.2, -0.15) is 0 Å². The fourth-order valence-corrected chi connectivity index (χ4v) is 4.56. The Kier molecular flexibility index (Phi) is 5.29. The largest absolute Gasteiger partial charge is 1.00 e. The first-order valence-corrected chi connectivity index (χ1v) is 8.57. The molecule has 0 spiro atoms. The third kappa shape index (κ3) is 3.07. The van der Waals surface area contributed by atoms with E-state index >= 15 is 0 Å². The van der Waals surface area contributed by atoms with E-state index in [9.17, 15) is 0 Å². The number of nitrogens with zero attached hydrogens (tertiary/aromatic N) is 3. The molecule has 3 rings (SSSR count). The highest BCUT2D eigenvalue weighted by Gasteiger charge is 2.15. The molecule has 3 nitrogen and oxygen atoms in total. The molecular formula is C16H17ClIN3S. The third-order valence-corrected chi connectivity index (χ3v) is 6.07. The molecule has 1 heterocycles. The Morgan fingerprint density at radius 2 is 1.86 bits per heavy atom. The van der Waals surface area contributed by atoms with E-state index in [1.165, 1.54) is 24.2 Å². The molecule has 1 aromatic rings. The predicted octanol–water partition coefficient (Wildman–Crippen LogP) is 0.107. The topological polar surface area (TPSA) is 19.1 Å². The van der Waals surface area contributed by atoms with Crippen molar-refractivity contribution in [2.24, 2.45) is 0 Å². The number of aromatic nitrogens is 1. The molecule has 0 bridgehead atoms. The molecule has 1 aliphatic carbocycles. The van der Waals surface area contributed by atoms with E-state index < -0.39 is 0 Å². The van der Waals surface area contributed by atoms with Crippen molar-refractivity contribution in [1.29, 1.82) is 0 Å². The summed E-state index contributed by atoms with van der Waals surface area (Å²) < 4.78 is 4.64. The van der Waals surface area contributed by atoms with E-state index in [0.717, 1.165) is 11.2 Å². The van der Waals surface area contributed by atoms with Crippen LogP contribution >= 0.6 is 33.9 Å². The average Bonchev–Trinajstić information content (AvgIpc) is 2.45. The summed E-state index contributed by atoms with van der Waals surface area (Å²) in [5.41, 5.74) is 3.34. The van der Waals surface area contributed by atoms with Gasteiger partial charge in [0.05, 0.1) is 20.8 Å². The molecular weight excluding hydrogens is 429 g/mol. The molecule has 116 valence electrons. The molecule has 6 heteroatoms. The third-order valence-electron chi connectivity index (χ3n) is 3.45. The Morgan fingerprint density at radius 1 is 1.14 bits per heavy atom. The van der Waals surface area contributed by atoms with Gasteiger partial charge in [0.1, 0.15) is 17.7 Å². The van der Waals surface area contributed by atoms with Crippen LogP contribution in [-0.4, -0.2) is 33.2 Å². The minimum Gasteiger partial charge on any atom is -1.00 e. The zero-order valence-corrected chi connectivity index (χ0v) is 16.6. The van der Waals surface area contributed by atoms with Gasteiger partial charge in [0.2, 0.25) is 5.36 Å². The molecule has 0 saturated carbocycles. The van der Waals surface area contributed by atoms with Gasteiger partial charge in [-0.3, -0.25) is 0 Å². The van der Waals surface area contributed by atoms with Crippen LogP contribution in [0.1, 0.15) is 0 Å². The van der Waals surface area contributed by atoms with Gasteiger partial charge in [-0.1, -0.05) is 0 Å². The summed E-state index contributed by atoms with van der Waals surface area (Å²) in [5.74, 6) is 0. The Bertz CT molecular complexity index is 869. The molecule has 0 aromatic heterocycles. The molecule has 2 aliphatic rings. The zero-order chi connectivity index (χ0) is 15.1. The van der Waals surface area contributed by atoms with Gasteiger partial charge in [0.25, 0.3) is 0 Å². The lowest BCUT2D eigenvalue weighted by Gasteiger charge is -2.14. The number of benzene rings is 2. The van der Waals surface area contributed by atoms with Crippen LogP contribution in [0.5, 0.6) is 0 Å². The van der Waals surface area contributed by atoms with E-state index in [4.69, 9.17) is 4.98 Å². The quantitative estimate of drug-likeness (QED) is 0.301. The normalized spacial score (nSPS) is 10.6. The Hall–Kier alpha value is -0.920. The van der Waals surface area contributed by atoms with Gasteiger partial charge in [-0.25, -0.2) is 9.56 Å². The van der Waals surface area contributed by atoms with Crippen molar-refractivity contribution in [1.82, 2.24) is 9.56 Å². The number of rotatable bonds is 1.